The van der Waals surface area contributed by atoms with Gasteiger partial charge in [0.15, 0.2) is 0 Å². The number of benzene rings is 1. The average molecular weight is 286 g/mol. The fraction of sp³-hybridized carbons (Fsp3) is 0.250. The van der Waals surface area contributed by atoms with E-state index in [1.54, 1.807) is 23.2 Å². The number of nitrogens with zero attached hydrogens (tertiary/aromatic N) is 1. The molecule has 5 nitrogen and oxygen atoms in total. The monoisotopic (exact) mass is 286 g/mol. The van der Waals surface area contributed by atoms with Gasteiger partial charge in [-0.05, 0) is 30.7 Å². The minimum Gasteiger partial charge on any atom is -0.469 e. The maximum absolute atomic E-state index is 12.5. The lowest BCUT2D eigenvalue weighted by atomic mass is 10.2. The molecule has 0 spiro atoms. The van der Waals surface area contributed by atoms with Crippen molar-refractivity contribution in [2.75, 3.05) is 18.6 Å². The summed E-state index contributed by atoms with van der Waals surface area (Å²) in [4.78, 5) is 28.3. The molecule has 0 unspecified atom stereocenters. The molecule has 1 heterocycles. The highest BCUT2D eigenvalue weighted by molar-refractivity contribution is 6.04. The van der Waals surface area contributed by atoms with Crippen LogP contribution < -0.4 is 4.90 Å². The molecule has 1 amide bonds. The van der Waals surface area contributed by atoms with E-state index in [9.17, 15) is 9.59 Å². The molecule has 1 N–H and O–H groups in total. The van der Waals surface area contributed by atoms with Gasteiger partial charge in [-0.15, -0.1) is 0 Å². The molecule has 1 aromatic heterocycles. The zero-order valence-corrected chi connectivity index (χ0v) is 11.9. The van der Waals surface area contributed by atoms with Crippen LogP contribution in [-0.2, 0) is 9.53 Å². The summed E-state index contributed by atoms with van der Waals surface area (Å²) in [5, 5.41) is 0. The van der Waals surface area contributed by atoms with Gasteiger partial charge in [-0.2, -0.15) is 0 Å². The number of rotatable bonds is 6. The fourth-order valence-corrected chi connectivity index (χ4v) is 2.05. The Labute approximate surface area is 123 Å². The smallest absolute Gasteiger partial charge is 0.305 e. The van der Waals surface area contributed by atoms with E-state index in [2.05, 4.69) is 9.72 Å². The molecule has 21 heavy (non-hydrogen) atoms. The largest absolute Gasteiger partial charge is 0.469 e. The summed E-state index contributed by atoms with van der Waals surface area (Å²) in [6.07, 6.45) is 2.55. The number of nitrogens with one attached hydrogen (secondary N) is 1. The van der Waals surface area contributed by atoms with Gasteiger partial charge in [-0.3, -0.25) is 9.59 Å². The molecule has 0 atom stereocenters. The zero-order chi connectivity index (χ0) is 15.1. The van der Waals surface area contributed by atoms with E-state index >= 15 is 0 Å². The Morgan fingerprint density at radius 1 is 1.14 bits per heavy atom. The average Bonchev–Trinajstić information content (AvgIpc) is 3.06. The van der Waals surface area contributed by atoms with E-state index in [1.165, 1.54) is 7.11 Å². The van der Waals surface area contributed by atoms with E-state index in [1.807, 2.05) is 30.3 Å². The lowest BCUT2D eigenvalue weighted by Crippen LogP contribution is -2.32. The summed E-state index contributed by atoms with van der Waals surface area (Å²) in [7, 11) is 1.36. The SMILES string of the molecule is COC(=O)CCCN(C(=O)c1ccc[nH]1)c1ccccc1. The number of para-hydroxylation sites is 1. The van der Waals surface area contributed by atoms with Gasteiger partial charge in [0.2, 0.25) is 0 Å². The third-order valence-electron chi connectivity index (χ3n) is 3.13. The molecule has 0 bridgehead atoms. The summed E-state index contributed by atoms with van der Waals surface area (Å²) in [5.74, 6) is -0.383. The van der Waals surface area contributed by atoms with Crippen molar-refractivity contribution in [2.45, 2.75) is 12.8 Å². The van der Waals surface area contributed by atoms with Crippen molar-refractivity contribution < 1.29 is 14.3 Å². The Morgan fingerprint density at radius 3 is 2.52 bits per heavy atom. The van der Waals surface area contributed by atoms with Gasteiger partial charge in [0.1, 0.15) is 5.69 Å². The predicted molar refractivity (Wildman–Crippen MR) is 80.2 cm³/mol. The standard InChI is InChI=1S/C16H18N2O3/c1-21-15(19)10-6-12-18(13-7-3-2-4-8-13)16(20)14-9-5-11-17-14/h2-5,7-9,11,17H,6,10,12H2,1H3. The van der Waals surface area contributed by atoms with E-state index in [0.29, 0.717) is 18.7 Å². The van der Waals surface area contributed by atoms with Crippen LogP contribution in [0.25, 0.3) is 0 Å². The molecule has 0 saturated carbocycles. The van der Waals surface area contributed by atoms with Gasteiger partial charge in [-0.25, -0.2) is 0 Å². The van der Waals surface area contributed by atoms with Crippen molar-refractivity contribution in [1.82, 2.24) is 4.98 Å². The van der Waals surface area contributed by atoms with E-state index in [4.69, 9.17) is 0 Å². The van der Waals surface area contributed by atoms with Gasteiger partial charge in [0, 0.05) is 24.8 Å². The second-order valence-electron chi connectivity index (χ2n) is 4.56. The number of hydrogen-bond donors (Lipinski definition) is 1. The normalized spacial score (nSPS) is 10.1. The van der Waals surface area contributed by atoms with Crippen LogP contribution in [0.3, 0.4) is 0 Å². The number of carbonyl (C=O) groups excluding carboxylic acids is 2. The highest BCUT2D eigenvalue weighted by atomic mass is 16.5. The summed E-state index contributed by atoms with van der Waals surface area (Å²) < 4.78 is 4.62. The Bertz CT molecular complexity index is 579. The van der Waals surface area contributed by atoms with Crippen LogP contribution in [0.4, 0.5) is 5.69 Å². The number of anilines is 1. The number of methoxy groups -OCH3 is 1. The summed E-state index contributed by atoms with van der Waals surface area (Å²) in [5.41, 5.74) is 1.33. The highest BCUT2D eigenvalue weighted by Crippen LogP contribution is 2.17. The highest BCUT2D eigenvalue weighted by Gasteiger charge is 2.18. The van der Waals surface area contributed by atoms with E-state index < -0.39 is 0 Å². The Morgan fingerprint density at radius 2 is 1.90 bits per heavy atom. The number of aromatic nitrogens is 1. The topological polar surface area (TPSA) is 62.4 Å². The number of carbonyl (C=O) groups is 2. The van der Waals surface area contributed by atoms with Gasteiger partial charge < -0.3 is 14.6 Å². The predicted octanol–water partition coefficient (Wildman–Crippen LogP) is 2.61. The number of H-pyrrole nitrogens is 1. The molecular formula is C16H18N2O3. The van der Waals surface area contributed by atoms with Crippen molar-refractivity contribution in [3.63, 3.8) is 0 Å². The molecule has 5 heteroatoms. The van der Waals surface area contributed by atoms with Crippen LogP contribution in [0.2, 0.25) is 0 Å². The Kier molecular flexibility index (Phi) is 5.15. The molecule has 0 aliphatic carbocycles. The van der Waals surface area contributed by atoms with Crippen molar-refractivity contribution >= 4 is 17.6 Å². The third kappa shape index (κ3) is 3.95. The van der Waals surface area contributed by atoms with E-state index in [0.717, 1.165) is 5.69 Å². The van der Waals surface area contributed by atoms with Crippen LogP contribution in [0.5, 0.6) is 0 Å². The lowest BCUT2D eigenvalue weighted by Gasteiger charge is -2.22. The van der Waals surface area contributed by atoms with Gasteiger partial charge >= 0.3 is 5.97 Å². The Hall–Kier alpha value is -2.56. The second-order valence-corrected chi connectivity index (χ2v) is 4.56. The maximum Gasteiger partial charge on any atom is 0.305 e. The van der Waals surface area contributed by atoms with Crippen LogP contribution in [0, 0.1) is 0 Å². The molecule has 0 fully saturated rings. The lowest BCUT2D eigenvalue weighted by molar-refractivity contribution is -0.140. The van der Waals surface area contributed by atoms with Crippen LogP contribution in [0.1, 0.15) is 23.3 Å². The Balaban J connectivity index is 2.11. The minimum atomic E-state index is -0.268. The molecular weight excluding hydrogens is 268 g/mol. The minimum absolute atomic E-state index is 0.115. The molecule has 2 rings (SSSR count). The zero-order valence-electron chi connectivity index (χ0n) is 11.9. The molecule has 0 saturated heterocycles. The molecule has 0 aliphatic rings. The first-order valence-corrected chi connectivity index (χ1v) is 6.79. The number of hydrogen-bond acceptors (Lipinski definition) is 3. The first kappa shape index (κ1) is 14.8. The number of ether oxygens (including phenoxy) is 1. The molecule has 0 aliphatic heterocycles. The van der Waals surface area contributed by atoms with Gasteiger partial charge in [0.05, 0.1) is 7.11 Å². The van der Waals surface area contributed by atoms with Crippen molar-refractivity contribution in [3.8, 4) is 0 Å². The number of amides is 1. The molecule has 2 aromatic rings. The molecule has 1 aromatic carbocycles. The first-order valence-electron chi connectivity index (χ1n) is 6.79. The van der Waals surface area contributed by atoms with Gasteiger partial charge in [-0.1, -0.05) is 18.2 Å². The molecule has 0 radical (unpaired) electrons. The van der Waals surface area contributed by atoms with Crippen LogP contribution in [0.15, 0.2) is 48.7 Å². The van der Waals surface area contributed by atoms with Crippen molar-refractivity contribution in [2.24, 2.45) is 0 Å². The summed E-state index contributed by atoms with van der Waals surface area (Å²) in [6.45, 7) is 0.455. The fourth-order valence-electron chi connectivity index (χ4n) is 2.05. The third-order valence-corrected chi connectivity index (χ3v) is 3.13. The maximum atomic E-state index is 12.5. The summed E-state index contributed by atoms with van der Waals surface area (Å²) >= 11 is 0. The number of aromatic amines is 1. The molecule has 110 valence electrons. The van der Waals surface area contributed by atoms with Crippen LogP contribution in [-0.4, -0.2) is 30.5 Å². The van der Waals surface area contributed by atoms with Gasteiger partial charge in [0.25, 0.3) is 5.91 Å². The second kappa shape index (κ2) is 7.28. The summed E-state index contributed by atoms with van der Waals surface area (Å²) in [6, 6.07) is 12.9. The first-order chi connectivity index (χ1) is 10.2. The van der Waals surface area contributed by atoms with Crippen molar-refractivity contribution in [3.05, 3.63) is 54.4 Å². The van der Waals surface area contributed by atoms with Crippen LogP contribution >= 0.6 is 0 Å². The van der Waals surface area contributed by atoms with E-state index in [-0.39, 0.29) is 18.3 Å². The van der Waals surface area contributed by atoms with Crippen molar-refractivity contribution in [1.29, 1.82) is 0 Å². The quantitative estimate of drug-likeness (QED) is 0.830. The number of esters is 1.